The van der Waals surface area contributed by atoms with Gasteiger partial charge in [0.1, 0.15) is 4.90 Å². The van der Waals surface area contributed by atoms with Gasteiger partial charge in [-0.15, -0.1) is 0 Å². The van der Waals surface area contributed by atoms with Crippen molar-refractivity contribution in [2.75, 3.05) is 0 Å². The minimum Gasteiger partial charge on any atom is -0.393 e. The molecule has 0 bridgehead atoms. The Labute approximate surface area is 158 Å². The number of aromatic nitrogens is 3. The van der Waals surface area contributed by atoms with Gasteiger partial charge in [-0.3, -0.25) is 9.67 Å². The molecule has 3 aromatic rings. The number of aryl methyl sites for hydroxylation is 2. The zero-order chi connectivity index (χ0) is 19.2. The van der Waals surface area contributed by atoms with Gasteiger partial charge in [0.15, 0.2) is 0 Å². The summed E-state index contributed by atoms with van der Waals surface area (Å²) < 4.78 is 30.3. The maximum atomic E-state index is 13.0. The SMILES string of the molecule is Cc1nn(C)cc1S(=O)(=O)NC(c1cnc2ccccc2c1)C1CC(O)C1. The summed E-state index contributed by atoms with van der Waals surface area (Å²) in [5.74, 6) is 0.0229. The molecule has 1 aliphatic rings. The van der Waals surface area contributed by atoms with Crippen LogP contribution >= 0.6 is 0 Å². The zero-order valence-electron chi connectivity index (χ0n) is 15.2. The predicted octanol–water partition coefficient (Wildman–Crippen LogP) is 2.07. The van der Waals surface area contributed by atoms with Crippen LogP contribution in [0.25, 0.3) is 10.9 Å². The lowest BCUT2D eigenvalue weighted by Crippen LogP contribution is -2.41. The second kappa shape index (κ2) is 6.70. The number of hydrogen-bond acceptors (Lipinski definition) is 5. The van der Waals surface area contributed by atoms with Crippen LogP contribution in [0.5, 0.6) is 0 Å². The van der Waals surface area contributed by atoms with E-state index in [2.05, 4.69) is 14.8 Å². The van der Waals surface area contributed by atoms with E-state index in [4.69, 9.17) is 0 Å². The van der Waals surface area contributed by atoms with E-state index in [0.29, 0.717) is 18.5 Å². The number of sulfonamides is 1. The summed E-state index contributed by atoms with van der Waals surface area (Å²) in [5.41, 5.74) is 2.12. The van der Waals surface area contributed by atoms with Gasteiger partial charge in [0.05, 0.1) is 23.4 Å². The Morgan fingerprint density at radius 2 is 2.04 bits per heavy atom. The lowest BCUT2D eigenvalue weighted by molar-refractivity contribution is 0.0280. The van der Waals surface area contributed by atoms with E-state index in [0.717, 1.165) is 16.5 Å². The topological polar surface area (TPSA) is 97.1 Å². The summed E-state index contributed by atoms with van der Waals surface area (Å²) >= 11 is 0. The molecule has 2 heterocycles. The lowest BCUT2D eigenvalue weighted by Gasteiger charge is -2.38. The fraction of sp³-hybridized carbons (Fsp3) is 0.368. The molecule has 0 radical (unpaired) electrons. The van der Waals surface area contributed by atoms with Crippen LogP contribution in [-0.2, 0) is 17.1 Å². The number of aliphatic hydroxyl groups is 1. The Morgan fingerprint density at radius 1 is 1.30 bits per heavy atom. The van der Waals surface area contributed by atoms with Crippen molar-refractivity contribution in [2.45, 2.75) is 36.8 Å². The maximum absolute atomic E-state index is 13.0. The Kier molecular flexibility index (Phi) is 4.49. The molecule has 7 nitrogen and oxygen atoms in total. The van der Waals surface area contributed by atoms with Gasteiger partial charge >= 0.3 is 0 Å². The summed E-state index contributed by atoms with van der Waals surface area (Å²) in [6.45, 7) is 1.67. The molecule has 1 aliphatic carbocycles. The number of benzene rings is 1. The van der Waals surface area contributed by atoms with Crippen LogP contribution in [0.1, 0.15) is 30.1 Å². The van der Waals surface area contributed by atoms with Gasteiger partial charge in [0, 0.05) is 24.8 Å². The Bertz CT molecular complexity index is 1090. The van der Waals surface area contributed by atoms with Crippen LogP contribution in [-0.4, -0.2) is 34.4 Å². The Hall–Kier alpha value is -2.29. The highest BCUT2D eigenvalue weighted by molar-refractivity contribution is 7.89. The third-order valence-electron chi connectivity index (χ3n) is 5.13. The smallest absolute Gasteiger partial charge is 0.244 e. The first-order chi connectivity index (χ1) is 12.8. The Morgan fingerprint density at radius 3 is 2.70 bits per heavy atom. The molecule has 1 saturated carbocycles. The summed E-state index contributed by atoms with van der Waals surface area (Å²) in [6.07, 6.45) is 3.97. The molecule has 142 valence electrons. The number of pyridine rings is 1. The van der Waals surface area contributed by atoms with Crippen LogP contribution in [0.15, 0.2) is 47.6 Å². The van der Waals surface area contributed by atoms with Crippen molar-refractivity contribution >= 4 is 20.9 Å². The highest BCUT2D eigenvalue weighted by atomic mass is 32.2. The number of fused-ring (bicyclic) bond motifs is 1. The number of aliphatic hydroxyl groups excluding tert-OH is 1. The van der Waals surface area contributed by atoms with Crippen LogP contribution in [0.3, 0.4) is 0 Å². The maximum Gasteiger partial charge on any atom is 0.244 e. The van der Waals surface area contributed by atoms with Crippen LogP contribution in [0.2, 0.25) is 0 Å². The molecule has 0 aliphatic heterocycles. The van der Waals surface area contributed by atoms with Crippen molar-refractivity contribution in [3.05, 3.63) is 54.0 Å². The monoisotopic (exact) mass is 386 g/mol. The van der Waals surface area contributed by atoms with E-state index in [9.17, 15) is 13.5 Å². The van der Waals surface area contributed by atoms with Crippen LogP contribution < -0.4 is 4.72 Å². The first-order valence-corrected chi connectivity index (χ1v) is 10.4. The summed E-state index contributed by atoms with van der Waals surface area (Å²) in [5, 5.41) is 14.8. The van der Waals surface area contributed by atoms with E-state index in [1.54, 1.807) is 20.2 Å². The van der Waals surface area contributed by atoms with E-state index < -0.39 is 16.1 Å². The number of nitrogens with one attached hydrogen (secondary N) is 1. The van der Waals surface area contributed by atoms with Crippen molar-refractivity contribution in [1.82, 2.24) is 19.5 Å². The molecule has 0 spiro atoms. The average molecular weight is 386 g/mol. The number of hydrogen-bond donors (Lipinski definition) is 2. The number of rotatable bonds is 5. The second-order valence-electron chi connectivity index (χ2n) is 7.20. The summed E-state index contributed by atoms with van der Waals surface area (Å²) in [7, 11) is -2.06. The highest BCUT2D eigenvalue weighted by Crippen LogP contribution is 2.39. The third kappa shape index (κ3) is 3.47. The molecule has 8 heteroatoms. The van der Waals surface area contributed by atoms with Crippen molar-refractivity contribution in [1.29, 1.82) is 0 Å². The Balaban J connectivity index is 1.71. The standard InChI is InChI=1S/C19H22N4O3S/c1-12-18(11-23(2)21-12)27(25,26)22-19(14-8-16(24)9-14)15-7-13-5-3-4-6-17(13)20-10-15/h3-7,10-11,14,16,19,22,24H,8-9H2,1-2H3. The third-order valence-corrected chi connectivity index (χ3v) is 6.68. The van der Waals surface area contributed by atoms with E-state index >= 15 is 0 Å². The molecule has 27 heavy (non-hydrogen) atoms. The molecule has 2 aromatic heterocycles. The van der Waals surface area contributed by atoms with Gasteiger partial charge in [-0.1, -0.05) is 18.2 Å². The number of nitrogens with zero attached hydrogens (tertiary/aromatic N) is 3. The lowest BCUT2D eigenvalue weighted by atomic mass is 9.75. The number of para-hydroxylation sites is 1. The normalized spacial score (nSPS) is 21.1. The largest absolute Gasteiger partial charge is 0.393 e. The van der Waals surface area contributed by atoms with E-state index in [-0.39, 0.29) is 16.9 Å². The molecular weight excluding hydrogens is 364 g/mol. The average Bonchev–Trinajstić information content (AvgIpc) is 2.96. The van der Waals surface area contributed by atoms with E-state index in [1.807, 2.05) is 30.3 Å². The molecule has 1 fully saturated rings. The second-order valence-corrected chi connectivity index (χ2v) is 8.88. The molecular formula is C19H22N4O3S. The quantitative estimate of drug-likeness (QED) is 0.700. The van der Waals surface area contributed by atoms with Crippen molar-refractivity contribution in [3.8, 4) is 0 Å². The van der Waals surface area contributed by atoms with Crippen LogP contribution in [0, 0.1) is 12.8 Å². The molecule has 1 atom stereocenters. The van der Waals surface area contributed by atoms with Crippen molar-refractivity contribution in [2.24, 2.45) is 13.0 Å². The molecule has 1 aromatic carbocycles. The van der Waals surface area contributed by atoms with Gasteiger partial charge in [0.2, 0.25) is 10.0 Å². The van der Waals surface area contributed by atoms with Crippen molar-refractivity contribution in [3.63, 3.8) is 0 Å². The van der Waals surface area contributed by atoms with Crippen LogP contribution in [0.4, 0.5) is 0 Å². The molecule has 2 N–H and O–H groups in total. The minimum absolute atomic E-state index is 0.0229. The van der Waals surface area contributed by atoms with Gasteiger partial charge in [0.25, 0.3) is 0 Å². The van der Waals surface area contributed by atoms with Crippen molar-refractivity contribution < 1.29 is 13.5 Å². The molecule has 0 saturated heterocycles. The molecule has 1 unspecified atom stereocenters. The molecule has 0 amide bonds. The first kappa shape index (κ1) is 18.1. The summed E-state index contributed by atoms with van der Waals surface area (Å²) in [4.78, 5) is 4.64. The summed E-state index contributed by atoms with van der Waals surface area (Å²) in [6, 6.07) is 9.25. The zero-order valence-corrected chi connectivity index (χ0v) is 16.0. The first-order valence-electron chi connectivity index (χ1n) is 8.89. The predicted molar refractivity (Wildman–Crippen MR) is 101 cm³/mol. The fourth-order valence-corrected chi connectivity index (χ4v) is 5.18. The fourth-order valence-electron chi connectivity index (χ4n) is 3.67. The van der Waals surface area contributed by atoms with Gasteiger partial charge in [-0.05, 0) is 43.4 Å². The molecule has 4 rings (SSSR count). The van der Waals surface area contributed by atoms with Gasteiger partial charge in [-0.25, -0.2) is 13.1 Å². The highest BCUT2D eigenvalue weighted by Gasteiger charge is 2.38. The van der Waals surface area contributed by atoms with E-state index in [1.165, 1.54) is 10.9 Å². The van der Waals surface area contributed by atoms with Gasteiger partial charge in [-0.2, -0.15) is 5.10 Å². The minimum atomic E-state index is -3.75. The van der Waals surface area contributed by atoms with Gasteiger partial charge < -0.3 is 5.11 Å².